The van der Waals surface area contributed by atoms with Crippen molar-refractivity contribution < 1.29 is 22.7 Å². The van der Waals surface area contributed by atoms with E-state index in [0.717, 1.165) is 5.56 Å². The third-order valence-corrected chi connectivity index (χ3v) is 5.23. The van der Waals surface area contributed by atoms with Gasteiger partial charge in [0, 0.05) is 25.1 Å². The maximum absolute atomic E-state index is 13.4. The first-order valence-corrected chi connectivity index (χ1v) is 9.94. The van der Waals surface area contributed by atoms with E-state index in [4.69, 9.17) is 4.74 Å². The summed E-state index contributed by atoms with van der Waals surface area (Å²) >= 11 is 0. The first kappa shape index (κ1) is 21.7. The molecular formula is C20H20F3N7O2. The molecule has 12 heteroatoms. The minimum atomic E-state index is -4.52. The van der Waals surface area contributed by atoms with Crippen molar-refractivity contribution in [3.05, 3.63) is 53.7 Å². The molecule has 1 fully saturated rings. The molecule has 0 aliphatic carbocycles. The molecule has 2 atom stereocenters. The summed E-state index contributed by atoms with van der Waals surface area (Å²) in [5, 5.41) is 8.14. The number of hydrogen-bond donors (Lipinski definition) is 0. The average molecular weight is 447 g/mol. The number of pyridine rings is 1. The van der Waals surface area contributed by atoms with E-state index in [1.54, 1.807) is 17.2 Å². The summed E-state index contributed by atoms with van der Waals surface area (Å²) in [4.78, 5) is 28.0. The lowest BCUT2D eigenvalue weighted by atomic mass is 9.98. The molecule has 4 rings (SSSR count). The van der Waals surface area contributed by atoms with E-state index in [0.29, 0.717) is 43.2 Å². The van der Waals surface area contributed by atoms with Crippen molar-refractivity contribution >= 4 is 5.91 Å². The fourth-order valence-corrected chi connectivity index (χ4v) is 3.57. The van der Waals surface area contributed by atoms with Gasteiger partial charge in [-0.05, 0) is 38.3 Å². The molecule has 32 heavy (non-hydrogen) atoms. The largest absolute Gasteiger partial charge is 0.458 e. The molecule has 0 saturated carbocycles. The molecule has 1 aliphatic heterocycles. The second-order valence-electron chi connectivity index (χ2n) is 7.49. The zero-order valence-corrected chi connectivity index (χ0v) is 17.3. The number of aromatic nitrogens is 6. The average Bonchev–Trinajstić information content (AvgIpc) is 3.29. The quantitative estimate of drug-likeness (QED) is 0.606. The highest BCUT2D eigenvalue weighted by molar-refractivity contribution is 5.97. The molecule has 1 amide bonds. The molecule has 0 aromatic carbocycles. The molecule has 168 valence electrons. The fraction of sp³-hybridized carbons (Fsp3) is 0.400. The summed E-state index contributed by atoms with van der Waals surface area (Å²) in [5.41, 5.74) is 0.199. The number of piperidine rings is 1. The van der Waals surface area contributed by atoms with Crippen LogP contribution in [0.2, 0.25) is 0 Å². The Morgan fingerprint density at radius 3 is 2.47 bits per heavy atom. The Kier molecular flexibility index (Phi) is 5.76. The number of likely N-dealkylation sites (tertiary alicyclic amines) is 1. The molecule has 4 heterocycles. The van der Waals surface area contributed by atoms with Gasteiger partial charge in [-0.1, -0.05) is 0 Å². The second kappa shape index (κ2) is 8.52. The maximum atomic E-state index is 13.4. The van der Waals surface area contributed by atoms with Gasteiger partial charge in [0.2, 0.25) is 0 Å². The van der Waals surface area contributed by atoms with E-state index in [-0.39, 0.29) is 18.0 Å². The summed E-state index contributed by atoms with van der Waals surface area (Å²) in [7, 11) is 0. The zero-order chi connectivity index (χ0) is 22.9. The summed E-state index contributed by atoms with van der Waals surface area (Å²) in [6.45, 7) is 4.14. The van der Waals surface area contributed by atoms with Crippen LogP contribution in [0.15, 0.2) is 37.1 Å². The van der Waals surface area contributed by atoms with Crippen LogP contribution in [0.25, 0.3) is 5.82 Å². The SMILES string of the molecule is Cc1cnc(-n2nccn2)c(C(=O)N2CCCC(Oc3ncc(C(F)(F)F)cn3)C2C)c1. The molecule has 1 saturated heterocycles. The Labute approximate surface area is 181 Å². The molecule has 0 spiro atoms. The normalized spacial score (nSPS) is 19.1. The summed E-state index contributed by atoms with van der Waals surface area (Å²) < 4.78 is 43.9. The lowest BCUT2D eigenvalue weighted by Crippen LogP contribution is -2.51. The van der Waals surface area contributed by atoms with Crippen LogP contribution in [0, 0.1) is 6.92 Å². The Balaban J connectivity index is 1.54. The molecule has 0 N–H and O–H groups in total. The van der Waals surface area contributed by atoms with Crippen LogP contribution in [0.5, 0.6) is 6.01 Å². The zero-order valence-electron chi connectivity index (χ0n) is 17.3. The van der Waals surface area contributed by atoms with Crippen molar-refractivity contribution in [1.82, 2.24) is 34.8 Å². The predicted octanol–water partition coefficient (Wildman–Crippen LogP) is 2.85. The molecule has 2 unspecified atom stereocenters. The molecule has 0 radical (unpaired) electrons. The predicted molar refractivity (Wildman–Crippen MR) is 105 cm³/mol. The summed E-state index contributed by atoms with van der Waals surface area (Å²) in [5.74, 6) is 0.0505. The number of halogens is 3. The van der Waals surface area contributed by atoms with Gasteiger partial charge in [-0.25, -0.2) is 15.0 Å². The van der Waals surface area contributed by atoms with Gasteiger partial charge in [0.05, 0.1) is 29.6 Å². The topological polar surface area (TPSA) is 98.9 Å². The third-order valence-electron chi connectivity index (χ3n) is 5.23. The van der Waals surface area contributed by atoms with Gasteiger partial charge >= 0.3 is 12.2 Å². The van der Waals surface area contributed by atoms with Gasteiger partial charge in [-0.15, -0.1) is 4.80 Å². The number of hydrogen-bond acceptors (Lipinski definition) is 7. The highest BCUT2D eigenvalue weighted by Gasteiger charge is 2.35. The second-order valence-corrected chi connectivity index (χ2v) is 7.49. The van der Waals surface area contributed by atoms with Crippen LogP contribution in [0.3, 0.4) is 0 Å². The van der Waals surface area contributed by atoms with E-state index < -0.39 is 17.8 Å². The Bertz CT molecular complexity index is 1090. The van der Waals surface area contributed by atoms with Gasteiger partial charge in [0.15, 0.2) is 5.82 Å². The van der Waals surface area contributed by atoms with E-state index in [1.165, 1.54) is 17.2 Å². The number of amides is 1. The molecular weight excluding hydrogens is 427 g/mol. The standard InChI is InChI=1S/C20H20F3N7O2/c1-12-8-15(17(24-9-12)30-27-5-6-28-30)18(31)29-7-3-4-16(13(29)2)32-19-25-10-14(11-26-19)20(21,22)23/h5-6,8-11,13,16H,3-4,7H2,1-2H3. The van der Waals surface area contributed by atoms with Crippen molar-refractivity contribution in [2.24, 2.45) is 0 Å². The van der Waals surface area contributed by atoms with Gasteiger partial charge in [0.1, 0.15) is 6.10 Å². The lowest BCUT2D eigenvalue weighted by Gasteiger charge is -2.39. The number of alkyl halides is 3. The van der Waals surface area contributed by atoms with Gasteiger partial charge in [-0.2, -0.15) is 23.4 Å². The maximum Gasteiger partial charge on any atom is 0.419 e. The number of carbonyl (C=O) groups is 1. The molecule has 0 bridgehead atoms. The Morgan fingerprint density at radius 1 is 1.12 bits per heavy atom. The molecule has 9 nitrogen and oxygen atoms in total. The van der Waals surface area contributed by atoms with Crippen LogP contribution in [0.4, 0.5) is 13.2 Å². The lowest BCUT2D eigenvalue weighted by molar-refractivity contribution is -0.138. The van der Waals surface area contributed by atoms with Crippen LogP contribution in [-0.4, -0.2) is 59.4 Å². The van der Waals surface area contributed by atoms with Gasteiger partial charge < -0.3 is 9.64 Å². The number of rotatable bonds is 4. The summed E-state index contributed by atoms with van der Waals surface area (Å²) in [6, 6.07) is 1.19. The van der Waals surface area contributed by atoms with Crippen LogP contribution in [-0.2, 0) is 6.18 Å². The Hall–Kier alpha value is -3.57. The van der Waals surface area contributed by atoms with Gasteiger partial charge in [0.25, 0.3) is 5.91 Å². The monoisotopic (exact) mass is 447 g/mol. The van der Waals surface area contributed by atoms with Crippen LogP contribution < -0.4 is 4.74 Å². The van der Waals surface area contributed by atoms with Crippen molar-refractivity contribution in [3.63, 3.8) is 0 Å². The highest BCUT2D eigenvalue weighted by Crippen LogP contribution is 2.29. The van der Waals surface area contributed by atoms with Crippen molar-refractivity contribution in [3.8, 4) is 11.8 Å². The minimum Gasteiger partial charge on any atom is -0.458 e. The van der Waals surface area contributed by atoms with Crippen molar-refractivity contribution in [1.29, 1.82) is 0 Å². The highest BCUT2D eigenvalue weighted by atomic mass is 19.4. The van der Waals surface area contributed by atoms with Crippen LogP contribution >= 0.6 is 0 Å². The minimum absolute atomic E-state index is 0.164. The fourth-order valence-electron chi connectivity index (χ4n) is 3.57. The van der Waals surface area contributed by atoms with Crippen LogP contribution in [0.1, 0.15) is 41.3 Å². The van der Waals surface area contributed by atoms with Gasteiger partial charge in [-0.3, -0.25) is 4.79 Å². The molecule has 3 aromatic heterocycles. The number of aryl methyl sites for hydroxylation is 1. The van der Waals surface area contributed by atoms with E-state index in [9.17, 15) is 18.0 Å². The third kappa shape index (κ3) is 4.39. The summed E-state index contributed by atoms with van der Waals surface area (Å²) in [6.07, 6.45) is 2.23. The van der Waals surface area contributed by atoms with E-state index in [1.807, 2.05) is 13.8 Å². The first-order valence-electron chi connectivity index (χ1n) is 9.94. The molecule has 1 aliphatic rings. The van der Waals surface area contributed by atoms with Crippen molar-refractivity contribution in [2.75, 3.05) is 6.54 Å². The molecule has 3 aromatic rings. The smallest absolute Gasteiger partial charge is 0.419 e. The van der Waals surface area contributed by atoms with Crippen molar-refractivity contribution in [2.45, 2.75) is 45.0 Å². The van der Waals surface area contributed by atoms with E-state index in [2.05, 4.69) is 25.1 Å². The Morgan fingerprint density at radius 2 is 1.81 bits per heavy atom. The van der Waals surface area contributed by atoms with E-state index >= 15 is 0 Å². The number of nitrogens with zero attached hydrogens (tertiary/aromatic N) is 7. The number of ether oxygens (including phenoxy) is 1. The first-order chi connectivity index (χ1) is 15.2. The number of carbonyl (C=O) groups excluding carboxylic acids is 1.